The summed E-state index contributed by atoms with van der Waals surface area (Å²) in [4.78, 5) is 27.7. The zero-order valence-corrected chi connectivity index (χ0v) is 28.2. The number of benzene rings is 3. The maximum atomic E-state index is 14.1. The van der Waals surface area contributed by atoms with Crippen molar-refractivity contribution in [3.8, 4) is 6.07 Å². The van der Waals surface area contributed by atoms with Gasteiger partial charge in [-0.3, -0.25) is 9.59 Å². The summed E-state index contributed by atoms with van der Waals surface area (Å²) in [5, 5.41) is 36.2. The van der Waals surface area contributed by atoms with E-state index in [0.29, 0.717) is 23.6 Å². The molecule has 1 aliphatic heterocycles. The first-order chi connectivity index (χ1) is 22.7. The summed E-state index contributed by atoms with van der Waals surface area (Å²) in [5.74, 6) is -3.38. The van der Waals surface area contributed by atoms with Crippen LogP contribution in [0.15, 0.2) is 84.9 Å². The van der Waals surface area contributed by atoms with Crippen molar-refractivity contribution in [2.24, 2.45) is 10.8 Å². The van der Waals surface area contributed by atoms with Crippen LogP contribution in [-0.2, 0) is 14.3 Å². The Balaban J connectivity index is 1.90. The van der Waals surface area contributed by atoms with Crippen molar-refractivity contribution >= 4 is 23.5 Å². The van der Waals surface area contributed by atoms with Gasteiger partial charge < -0.3 is 20.3 Å². The van der Waals surface area contributed by atoms with E-state index in [-0.39, 0.29) is 31.8 Å². The molecule has 5 unspecified atom stereocenters. The molecule has 3 aromatic rings. The SMILES string of the molecule is CCCCCCOCC1NC(C)C(CCC#N)(C(=O)O)C(c2cccc(Cl)c2)C1(CCC(c1ccccc1)c1ccccc1)C(=O)O. The molecule has 0 amide bonds. The molecule has 0 saturated carbocycles. The van der Waals surface area contributed by atoms with E-state index in [1.165, 1.54) is 0 Å². The fraction of sp³-hybridized carbons (Fsp3) is 0.462. The molecule has 0 aromatic heterocycles. The molecule has 5 atom stereocenters. The number of unbranched alkanes of at least 4 members (excludes halogenated alkanes) is 3. The highest BCUT2D eigenvalue weighted by atomic mass is 35.5. The summed E-state index contributed by atoms with van der Waals surface area (Å²) >= 11 is 6.53. The summed E-state index contributed by atoms with van der Waals surface area (Å²) in [6.45, 7) is 4.53. The second-order valence-electron chi connectivity index (χ2n) is 12.8. The van der Waals surface area contributed by atoms with Crippen molar-refractivity contribution in [2.45, 2.75) is 89.1 Å². The molecule has 0 aliphatic carbocycles. The zero-order valence-electron chi connectivity index (χ0n) is 27.4. The first kappa shape index (κ1) is 36.1. The van der Waals surface area contributed by atoms with E-state index in [0.717, 1.165) is 36.8 Å². The van der Waals surface area contributed by atoms with E-state index in [1.807, 2.05) is 60.7 Å². The second kappa shape index (κ2) is 16.9. The van der Waals surface area contributed by atoms with E-state index in [2.05, 4.69) is 18.3 Å². The first-order valence-corrected chi connectivity index (χ1v) is 17.1. The highest BCUT2D eigenvalue weighted by Gasteiger charge is 2.67. The molecule has 1 fully saturated rings. The third kappa shape index (κ3) is 7.89. The highest BCUT2D eigenvalue weighted by molar-refractivity contribution is 6.30. The van der Waals surface area contributed by atoms with E-state index in [4.69, 9.17) is 16.3 Å². The third-order valence-electron chi connectivity index (χ3n) is 10.2. The molecule has 47 heavy (non-hydrogen) atoms. The van der Waals surface area contributed by atoms with Crippen molar-refractivity contribution < 1.29 is 24.5 Å². The number of carboxylic acid groups (broad SMARTS) is 2. The quantitative estimate of drug-likeness (QED) is 0.125. The van der Waals surface area contributed by atoms with Crippen LogP contribution in [0.3, 0.4) is 0 Å². The van der Waals surface area contributed by atoms with Crippen LogP contribution in [0, 0.1) is 22.2 Å². The summed E-state index contributed by atoms with van der Waals surface area (Å²) < 4.78 is 6.22. The lowest BCUT2D eigenvalue weighted by Crippen LogP contribution is -2.71. The van der Waals surface area contributed by atoms with E-state index >= 15 is 0 Å². The smallest absolute Gasteiger partial charge is 0.311 e. The Morgan fingerprint density at radius 1 is 0.915 bits per heavy atom. The normalized spacial score (nSPS) is 24.1. The van der Waals surface area contributed by atoms with Gasteiger partial charge in [0.1, 0.15) is 0 Å². The number of hydrogen-bond donors (Lipinski definition) is 3. The topological polar surface area (TPSA) is 120 Å². The monoisotopic (exact) mass is 658 g/mol. The van der Waals surface area contributed by atoms with Crippen molar-refractivity contribution in [3.05, 3.63) is 107 Å². The molecule has 3 aromatic carbocycles. The molecule has 1 saturated heterocycles. The minimum Gasteiger partial charge on any atom is -0.481 e. The minimum absolute atomic E-state index is 0.0232. The third-order valence-corrected chi connectivity index (χ3v) is 10.4. The zero-order chi connectivity index (χ0) is 33.9. The van der Waals surface area contributed by atoms with Crippen LogP contribution in [0.4, 0.5) is 0 Å². The van der Waals surface area contributed by atoms with Crippen molar-refractivity contribution in [1.82, 2.24) is 5.32 Å². The number of ether oxygens (including phenoxy) is 1. The Hall–Kier alpha value is -3.70. The van der Waals surface area contributed by atoms with Crippen molar-refractivity contribution in [1.29, 1.82) is 5.26 Å². The summed E-state index contributed by atoms with van der Waals surface area (Å²) in [7, 11) is 0. The van der Waals surface area contributed by atoms with Gasteiger partial charge in [0.05, 0.1) is 23.5 Å². The van der Waals surface area contributed by atoms with Crippen LogP contribution in [-0.4, -0.2) is 47.4 Å². The van der Waals surface area contributed by atoms with E-state index in [9.17, 15) is 25.1 Å². The van der Waals surface area contributed by atoms with Gasteiger partial charge in [0.25, 0.3) is 0 Å². The van der Waals surface area contributed by atoms with Gasteiger partial charge in [0, 0.05) is 42.0 Å². The molecule has 7 nitrogen and oxygen atoms in total. The Morgan fingerprint density at radius 2 is 1.55 bits per heavy atom. The predicted molar refractivity (Wildman–Crippen MR) is 184 cm³/mol. The van der Waals surface area contributed by atoms with Gasteiger partial charge in [0.15, 0.2) is 0 Å². The van der Waals surface area contributed by atoms with Crippen LogP contribution in [0.5, 0.6) is 0 Å². The molecule has 0 radical (unpaired) electrons. The van der Waals surface area contributed by atoms with E-state index in [1.54, 1.807) is 31.2 Å². The van der Waals surface area contributed by atoms with Crippen LogP contribution in [0.2, 0.25) is 5.02 Å². The number of carbonyl (C=O) groups is 2. The number of hydrogen-bond acceptors (Lipinski definition) is 5. The number of piperidine rings is 1. The Kier molecular flexibility index (Phi) is 13.0. The Bertz CT molecular complexity index is 1460. The molecule has 250 valence electrons. The lowest BCUT2D eigenvalue weighted by atomic mass is 9.49. The van der Waals surface area contributed by atoms with Crippen molar-refractivity contribution in [2.75, 3.05) is 13.2 Å². The number of rotatable bonds is 17. The lowest BCUT2D eigenvalue weighted by Gasteiger charge is -2.58. The van der Waals surface area contributed by atoms with Crippen LogP contribution >= 0.6 is 11.6 Å². The van der Waals surface area contributed by atoms with E-state index < -0.39 is 40.8 Å². The van der Waals surface area contributed by atoms with Gasteiger partial charge in [-0.05, 0) is 61.4 Å². The largest absolute Gasteiger partial charge is 0.481 e. The number of halogens is 1. The predicted octanol–water partition coefficient (Wildman–Crippen LogP) is 8.44. The maximum absolute atomic E-state index is 14.1. The van der Waals surface area contributed by atoms with Gasteiger partial charge in [-0.25, -0.2) is 0 Å². The average molecular weight is 659 g/mol. The standard InChI is InChI=1S/C39H47ClN2O5/c1-3-4-5-12-25-47-27-34-39(37(45)46,23-21-33(29-15-8-6-9-16-29)30-17-10-7-11-18-30)35(31-19-13-20-32(40)26-31)38(36(43)44,22-14-24-41)28(2)42-34/h6-11,13,15-20,26,28,33-35,42H,3-5,12,14,21-23,25,27H2,1-2H3,(H,43,44)(H,45,46). The molecule has 1 aliphatic rings. The minimum atomic E-state index is -1.63. The summed E-state index contributed by atoms with van der Waals surface area (Å²) in [6.07, 6.45) is 4.59. The molecule has 4 rings (SSSR count). The maximum Gasteiger partial charge on any atom is 0.311 e. The molecular weight excluding hydrogens is 612 g/mol. The lowest BCUT2D eigenvalue weighted by molar-refractivity contribution is -0.177. The van der Waals surface area contributed by atoms with Gasteiger partial charge in [-0.15, -0.1) is 0 Å². The fourth-order valence-corrected chi connectivity index (χ4v) is 8.04. The molecule has 1 heterocycles. The Morgan fingerprint density at radius 3 is 2.11 bits per heavy atom. The van der Waals surface area contributed by atoms with Gasteiger partial charge in [-0.2, -0.15) is 5.26 Å². The van der Waals surface area contributed by atoms with Crippen LogP contribution in [0.1, 0.15) is 93.7 Å². The van der Waals surface area contributed by atoms with Gasteiger partial charge in [0.2, 0.25) is 0 Å². The number of carboxylic acids is 2. The van der Waals surface area contributed by atoms with Crippen LogP contribution < -0.4 is 5.32 Å². The van der Waals surface area contributed by atoms with Crippen LogP contribution in [0.25, 0.3) is 0 Å². The van der Waals surface area contributed by atoms with Gasteiger partial charge in [-0.1, -0.05) is 111 Å². The number of nitrogens with zero attached hydrogens (tertiary/aromatic N) is 1. The highest BCUT2D eigenvalue weighted by Crippen LogP contribution is 2.60. The number of nitrogens with one attached hydrogen (secondary N) is 1. The second-order valence-corrected chi connectivity index (χ2v) is 13.3. The molecular formula is C39H47ClN2O5. The molecule has 0 spiro atoms. The molecule has 3 N–H and O–H groups in total. The summed E-state index contributed by atoms with van der Waals surface area (Å²) in [5.41, 5.74) is -0.610. The summed E-state index contributed by atoms with van der Waals surface area (Å²) in [6, 6.07) is 27.7. The fourth-order valence-electron chi connectivity index (χ4n) is 7.84. The Labute approximate surface area is 283 Å². The molecule has 0 bridgehead atoms. The van der Waals surface area contributed by atoms with Gasteiger partial charge >= 0.3 is 11.9 Å². The molecule has 8 heteroatoms. The average Bonchev–Trinajstić information content (AvgIpc) is 3.07. The number of nitriles is 1. The first-order valence-electron chi connectivity index (χ1n) is 16.7. The number of aliphatic carboxylic acids is 2. The van der Waals surface area contributed by atoms with Crippen molar-refractivity contribution in [3.63, 3.8) is 0 Å².